The number of amidine groups is 1. The second-order valence-electron chi connectivity index (χ2n) is 4.00. The van der Waals surface area contributed by atoms with Crippen molar-refractivity contribution in [2.75, 3.05) is 6.54 Å². The molecule has 0 saturated carbocycles. The average Bonchev–Trinajstić information content (AvgIpc) is 2.48. The first kappa shape index (κ1) is 11.4. The maximum atomic E-state index is 11.0. The van der Waals surface area contributed by atoms with E-state index in [-0.39, 0.29) is 0 Å². The molecule has 1 aliphatic rings. The summed E-state index contributed by atoms with van der Waals surface area (Å²) in [7, 11) is 0. The topological polar surface area (TPSA) is 61.7 Å². The Morgan fingerprint density at radius 2 is 2.36 bits per heavy atom. The summed E-state index contributed by atoms with van der Waals surface area (Å²) in [6, 6.07) is -0.692. The molecule has 0 spiro atoms. The number of nitrogens with zero attached hydrogens (tertiary/aromatic N) is 1. The molecule has 0 radical (unpaired) electrons. The molecule has 2 N–H and O–H groups in total. The maximum absolute atomic E-state index is 11.0. The van der Waals surface area contributed by atoms with Gasteiger partial charge < -0.3 is 10.4 Å². The Bertz CT molecular complexity index is 258. The minimum absolute atomic E-state index is 0.600. The van der Waals surface area contributed by atoms with Crippen molar-refractivity contribution in [3.05, 3.63) is 0 Å². The van der Waals surface area contributed by atoms with E-state index in [1.54, 1.807) is 13.8 Å². The summed E-state index contributed by atoms with van der Waals surface area (Å²) in [4.78, 5) is 15.1. The quantitative estimate of drug-likeness (QED) is 0.615. The highest BCUT2D eigenvalue weighted by Crippen LogP contribution is 2.18. The maximum Gasteiger partial charge on any atom is 0.327 e. The van der Waals surface area contributed by atoms with Crippen LogP contribution < -0.4 is 5.32 Å². The third-order valence-electron chi connectivity index (χ3n) is 2.14. The largest absolute Gasteiger partial charge is 0.480 e. The third kappa shape index (κ3) is 2.90. The first-order valence-corrected chi connectivity index (χ1v) is 5.11. The van der Waals surface area contributed by atoms with E-state index < -0.39 is 16.8 Å². The van der Waals surface area contributed by atoms with Crippen LogP contribution >= 0.6 is 12.6 Å². The molecule has 0 saturated heterocycles. The molecule has 0 aliphatic carbocycles. The van der Waals surface area contributed by atoms with Gasteiger partial charge in [-0.05, 0) is 20.3 Å². The minimum atomic E-state index is -0.889. The molecule has 1 atom stereocenters. The van der Waals surface area contributed by atoms with Crippen molar-refractivity contribution < 1.29 is 9.90 Å². The van der Waals surface area contributed by atoms with Gasteiger partial charge in [0.15, 0.2) is 0 Å². The summed E-state index contributed by atoms with van der Waals surface area (Å²) in [5, 5.41) is 11.9. The number of hydrogen-bond acceptors (Lipinski definition) is 4. The molecule has 80 valence electrons. The van der Waals surface area contributed by atoms with Crippen molar-refractivity contribution in [1.82, 2.24) is 5.32 Å². The van der Waals surface area contributed by atoms with Crippen molar-refractivity contribution in [2.45, 2.75) is 37.5 Å². The van der Waals surface area contributed by atoms with Gasteiger partial charge in [0.05, 0.1) is 5.84 Å². The molecule has 0 aromatic rings. The number of nitrogens with one attached hydrogen (secondary N) is 1. The van der Waals surface area contributed by atoms with E-state index in [2.05, 4.69) is 22.9 Å². The zero-order valence-corrected chi connectivity index (χ0v) is 9.34. The highest BCUT2D eigenvalue weighted by Gasteiger charge is 2.33. The van der Waals surface area contributed by atoms with Crippen LogP contribution in [0.15, 0.2) is 4.99 Å². The number of aliphatic carboxylic acids is 1. The van der Waals surface area contributed by atoms with Gasteiger partial charge in [0.2, 0.25) is 0 Å². The van der Waals surface area contributed by atoms with Crippen molar-refractivity contribution in [3.8, 4) is 0 Å². The van der Waals surface area contributed by atoms with Crippen LogP contribution in [0.4, 0.5) is 0 Å². The van der Waals surface area contributed by atoms with Gasteiger partial charge in [-0.2, -0.15) is 12.6 Å². The molecule has 0 unspecified atom stereocenters. The Balaban J connectivity index is 2.65. The number of aliphatic imine (C=N–C) groups is 1. The van der Waals surface area contributed by atoms with Crippen molar-refractivity contribution in [2.24, 2.45) is 4.99 Å². The van der Waals surface area contributed by atoms with E-state index in [1.165, 1.54) is 0 Å². The minimum Gasteiger partial charge on any atom is -0.480 e. The van der Waals surface area contributed by atoms with Crippen molar-refractivity contribution >= 4 is 24.4 Å². The molecule has 1 heterocycles. The highest BCUT2D eigenvalue weighted by atomic mass is 32.1. The summed E-state index contributed by atoms with van der Waals surface area (Å²) in [5.41, 5.74) is 0. The number of hydrogen-bond donors (Lipinski definition) is 3. The molecule has 5 heteroatoms. The summed E-state index contributed by atoms with van der Waals surface area (Å²) in [6.45, 7) is 4.34. The number of carbonyl (C=O) groups is 1. The Morgan fingerprint density at radius 1 is 1.71 bits per heavy atom. The predicted molar refractivity (Wildman–Crippen MR) is 59.2 cm³/mol. The standard InChI is InChI=1S/C9H16N2O2S/c1-9(2,14)7(8(12)13)11-6-4-3-5-10-6/h7,14H,3-5H2,1-2H3,(H,10,11)(H,12,13)/t7-/m1/s1. The van der Waals surface area contributed by atoms with Gasteiger partial charge in [-0.15, -0.1) is 0 Å². The summed E-state index contributed by atoms with van der Waals surface area (Å²) in [6.07, 6.45) is 1.84. The Morgan fingerprint density at radius 3 is 2.71 bits per heavy atom. The van der Waals surface area contributed by atoms with Gasteiger partial charge in [0.25, 0.3) is 0 Å². The second kappa shape index (κ2) is 4.21. The Hall–Kier alpha value is -0.710. The van der Waals surface area contributed by atoms with E-state index in [4.69, 9.17) is 5.11 Å². The Labute approximate surface area is 89.2 Å². The molecule has 0 fully saturated rings. The van der Waals surface area contributed by atoms with Crippen LogP contribution in [0.25, 0.3) is 0 Å². The van der Waals surface area contributed by atoms with Gasteiger partial charge in [0, 0.05) is 17.7 Å². The SMILES string of the molecule is CC(C)(S)[C@H](NC1=NCCC1)C(=O)O. The normalized spacial score (nSPS) is 18.9. The number of thiol groups is 1. The average molecular weight is 216 g/mol. The molecular formula is C9H16N2O2S. The first-order chi connectivity index (χ1) is 6.41. The van der Waals surface area contributed by atoms with Crippen LogP contribution in [0.2, 0.25) is 0 Å². The fourth-order valence-electron chi connectivity index (χ4n) is 1.36. The lowest BCUT2D eigenvalue weighted by atomic mass is 10.0. The number of rotatable bonds is 3. The van der Waals surface area contributed by atoms with Crippen LogP contribution in [0.3, 0.4) is 0 Å². The smallest absolute Gasteiger partial charge is 0.327 e. The molecule has 14 heavy (non-hydrogen) atoms. The third-order valence-corrected chi connectivity index (χ3v) is 2.40. The van der Waals surface area contributed by atoms with Crippen molar-refractivity contribution in [1.29, 1.82) is 0 Å². The molecule has 4 nitrogen and oxygen atoms in total. The lowest BCUT2D eigenvalue weighted by Crippen LogP contribution is -2.51. The second-order valence-corrected chi connectivity index (χ2v) is 5.15. The van der Waals surface area contributed by atoms with E-state index in [0.29, 0.717) is 0 Å². The van der Waals surface area contributed by atoms with Crippen molar-refractivity contribution in [3.63, 3.8) is 0 Å². The zero-order chi connectivity index (χ0) is 10.8. The fourth-order valence-corrected chi connectivity index (χ4v) is 1.54. The summed E-state index contributed by atoms with van der Waals surface area (Å²) < 4.78 is -0.600. The lowest BCUT2D eigenvalue weighted by Gasteiger charge is -2.27. The molecule has 0 aromatic heterocycles. The van der Waals surface area contributed by atoms with E-state index in [1.807, 2.05) is 0 Å². The highest BCUT2D eigenvalue weighted by molar-refractivity contribution is 7.81. The van der Waals surface area contributed by atoms with Crippen LogP contribution in [0, 0.1) is 0 Å². The molecular weight excluding hydrogens is 200 g/mol. The van der Waals surface area contributed by atoms with Gasteiger partial charge >= 0.3 is 5.97 Å². The number of carboxylic acids is 1. The molecule has 1 aliphatic heterocycles. The van der Waals surface area contributed by atoms with E-state index in [0.717, 1.165) is 25.2 Å². The zero-order valence-electron chi connectivity index (χ0n) is 8.45. The molecule has 0 amide bonds. The van der Waals surface area contributed by atoms with Crippen LogP contribution in [-0.4, -0.2) is 34.2 Å². The van der Waals surface area contributed by atoms with Crippen LogP contribution in [0.1, 0.15) is 26.7 Å². The lowest BCUT2D eigenvalue weighted by molar-refractivity contribution is -0.139. The fraction of sp³-hybridized carbons (Fsp3) is 0.778. The predicted octanol–water partition coefficient (Wildman–Crippen LogP) is 0.930. The number of carboxylic acid groups (broad SMARTS) is 1. The molecule has 1 rings (SSSR count). The van der Waals surface area contributed by atoms with E-state index in [9.17, 15) is 4.79 Å². The molecule has 0 aromatic carbocycles. The summed E-state index contributed by atoms with van der Waals surface area (Å²) in [5.74, 6) is -0.0980. The molecule has 0 bridgehead atoms. The monoisotopic (exact) mass is 216 g/mol. The summed E-state index contributed by atoms with van der Waals surface area (Å²) >= 11 is 4.26. The Kier molecular flexibility index (Phi) is 3.42. The van der Waals surface area contributed by atoms with E-state index >= 15 is 0 Å². The van der Waals surface area contributed by atoms with Crippen LogP contribution in [-0.2, 0) is 4.79 Å². The van der Waals surface area contributed by atoms with Gasteiger partial charge in [-0.1, -0.05) is 0 Å². The van der Waals surface area contributed by atoms with Gasteiger partial charge in [0.1, 0.15) is 6.04 Å². The van der Waals surface area contributed by atoms with Gasteiger partial charge in [-0.25, -0.2) is 4.79 Å². The van der Waals surface area contributed by atoms with Gasteiger partial charge in [-0.3, -0.25) is 4.99 Å². The van der Waals surface area contributed by atoms with Crippen LogP contribution in [0.5, 0.6) is 0 Å². The first-order valence-electron chi connectivity index (χ1n) is 4.66.